The minimum absolute atomic E-state index is 0.0176. The summed E-state index contributed by atoms with van der Waals surface area (Å²) >= 11 is 0. The SMILES string of the molecule is CC(=O)N1CCN(C(=O)c2ccc(OCc3ccc4ccccc4n3)cc2)CC1. The van der Waals surface area contributed by atoms with E-state index in [1.165, 1.54) is 0 Å². The van der Waals surface area contributed by atoms with Crippen molar-refractivity contribution >= 4 is 22.7 Å². The summed E-state index contributed by atoms with van der Waals surface area (Å²) in [4.78, 5) is 32.2. The van der Waals surface area contributed by atoms with Crippen molar-refractivity contribution in [2.75, 3.05) is 26.2 Å². The Kier molecular flexibility index (Phi) is 5.42. The van der Waals surface area contributed by atoms with Crippen LogP contribution < -0.4 is 4.74 Å². The molecule has 1 aliphatic heterocycles. The molecule has 0 atom stereocenters. The van der Waals surface area contributed by atoms with E-state index in [0.29, 0.717) is 44.1 Å². The van der Waals surface area contributed by atoms with Gasteiger partial charge in [0, 0.05) is 44.1 Å². The predicted octanol–water partition coefficient (Wildman–Crippen LogP) is 3.12. The summed E-state index contributed by atoms with van der Waals surface area (Å²) in [6, 6.07) is 19.1. The number of benzene rings is 2. The Morgan fingerprint density at radius 1 is 0.897 bits per heavy atom. The number of amides is 2. The summed E-state index contributed by atoms with van der Waals surface area (Å²) in [6.07, 6.45) is 0. The number of aromatic nitrogens is 1. The molecular weight excluding hydrogens is 366 g/mol. The quantitative estimate of drug-likeness (QED) is 0.688. The molecule has 1 saturated heterocycles. The molecule has 29 heavy (non-hydrogen) atoms. The first kappa shape index (κ1) is 18.9. The smallest absolute Gasteiger partial charge is 0.253 e. The number of rotatable bonds is 4. The Morgan fingerprint density at radius 3 is 2.31 bits per heavy atom. The molecule has 1 aliphatic rings. The third-order valence-corrected chi connectivity index (χ3v) is 5.16. The van der Waals surface area contributed by atoms with E-state index in [0.717, 1.165) is 16.6 Å². The number of ether oxygens (including phenoxy) is 1. The van der Waals surface area contributed by atoms with Crippen LogP contribution in [-0.2, 0) is 11.4 Å². The van der Waals surface area contributed by atoms with E-state index in [1.807, 2.05) is 36.4 Å². The van der Waals surface area contributed by atoms with Gasteiger partial charge < -0.3 is 14.5 Å². The number of pyridine rings is 1. The average Bonchev–Trinajstić information content (AvgIpc) is 2.77. The highest BCUT2D eigenvalue weighted by Gasteiger charge is 2.23. The molecule has 3 aromatic rings. The number of hydrogen-bond donors (Lipinski definition) is 0. The van der Waals surface area contributed by atoms with Gasteiger partial charge in [0.2, 0.25) is 5.91 Å². The number of carbonyl (C=O) groups is 2. The zero-order valence-electron chi connectivity index (χ0n) is 16.4. The van der Waals surface area contributed by atoms with Crippen LogP contribution in [0.2, 0.25) is 0 Å². The van der Waals surface area contributed by atoms with Crippen molar-refractivity contribution in [3.63, 3.8) is 0 Å². The second-order valence-electron chi connectivity index (χ2n) is 7.11. The minimum Gasteiger partial charge on any atom is -0.487 e. The molecule has 2 aromatic carbocycles. The summed E-state index contributed by atoms with van der Waals surface area (Å²) in [5, 5.41) is 1.10. The Hall–Kier alpha value is -3.41. The van der Waals surface area contributed by atoms with Crippen LogP contribution in [0.3, 0.4) is 0 Å². The molecule has 1 fully saturated rings. The van der Waals surface area contributed by atoms with Crippen LogP contribution >= 0.6 is 0 Å². The van der Waals surface area contributed by atoms with Crippen molar-refractivity contribution < 1.29 is 14.3 Å². The van der Waals surface area contributed by atoms with Crippen LogP contribution in [0.25, 0.3) is 10.9 Å². The van der Waals surface area contributed by atoms with Gasteiger partial charge in [-0.2, -0.15) is 0 Å². The third kappa shape index (κ3) is 4.37. The molecular formula is C23H23N3O3. The summed E-state index contributed by atoms with van der Waals surface area (Å²) < 4.78 is 5.83. The lowest BCUT2D eigenvalue weighted by Gasteiger charge is -2.34. The molecule has 6 heteroatoms. The van der Waals surface area contributed by atoms with Crippen LogP contribution in [0.4, 0.5) is 0 Å². The molecule has 1 aromatic heterocycles. The Balaban J connectivity index is 1.35. The molecule has 0 radical (unpaired) electrons. The molecule has 0 saturated carbocycles. The van der Waals surface area contributed by atoms with E-state index in [4.69, 9.17) is 4.74 Å². The Bertz CT molecular complexity index is 1020. The van der Waals surface area contributed by atoms with Crippen molar-refractivity contribution in [3.05, 3.63) is 71.9 Å². The maximum atomic E-state index is 12.7. The van der Waals surface area contributed by atoms with Crippen molar-refractivity contribution in [2.45, 2.75) is 13.5 Å². The third-order valence-electron chi connectivity index (χ3n) is 5.16. The second kappa shape index (κ2) is 8.31. The highest BCUT2D eigenvalue weighted by atomic mass is 16.5. The number of piperazine rings is 1. The highest BCUT2D eigenvalue weighted by molar-refractivity contribution is 5.94. The first-order valence-corrected chi connectivity index (χ1v) is 9.72. The van der Waals surface area contributed by atoms with Gasteiger partial charge in [0.1, 0.15) is 12.4 Å². The lowest BCUT2D eigenvalue weighted by Crippen LogP contribution is -2.50. The lowest BCUT2D eigenvalue weighted by molar-refractivity contribution is -0.130. The lowest BCUT2D eigenvalue weighted by atomic mass is 10.1. The van der Waals surface area contributed by atoms with Gasteiger partial charge in [-0.15, -0.1) is 0 Å². The molecule has 0 bridgehead atoms. The van der Waals surface area contributed by atoms with Gasteiger partial charge in [-0.3, -0.25) is 9.59 Å². The minimum atomic E-state index is -0.0176. The van der Waals surface area contributed by atoms with E-state index >= 15 is 0 Å². The van der Waals surface area contributed by atoms with Gasteiger partial charge >= 0.3 is 0 Å². The van der Waals surface area contributed by atoms with Crippen LogP contribution in [0.5, 0.6) is 5.75 Å². The largest absolute Gasteiger partial charge is 0.487 e. The molecule has 6 nitrogen and oxygen atoms in total. The topological polar surface area (TPSA) is 62.7 Å². The monoisotopic (exact) mass is 389 g/mol. The van der Waals surface area contributed by atoms with Crippen molar-refractivity contribution in [1.29, 1.82) is 0 Å². The maximum Gasteiger partial charge on any atom is 0.253 e. The van der Waals surface area contributed by atoms with Crippen molar-refractivity contribution in [3.8, 4) is 5.75 Å². The van der Waals surface area contributed by atoms with E-state index in [9.17, 15) is 9.59 Å². The molecule has 4 rings (SSSR count). The number of para-hydroxylation sites is 1. The summed E-state index contributed by atoms with van der Waals surface area (Å²) in [7, 11) is 0. The standard InChI is InChI=1S/C23H23N3O3/c1-17(27)25-12-14-26(15-13-25)23(28)19-7-10-21(11-8-19)29-16-20-9-6-18-4-2-3-5-22(18)24-20/h2-11H,12-16H2,1H3. The molecule has 2 heterocycles. The first-order valence-electron chi connectivity index (χ1n) is 9.72. The van der Waals surface area contributed by atoms with E-state index < -0.39 is 0 Å². The van der Waals surface area contributed by atoms with Gasteiger partial charge in [0.25, 0.3) is 5.91 Å². The highest BCUT2D eigenvalue weighted by Crippen LogP contribution is 2.17. The second-order valence-corrected chi connectivity index (χ2v) is 7.11. The van der Waals surface area contributed by atoms with E-state index in [1.54, 1.807) is 41.0 Å². The molecule has 148 valence electrons. The zero-order chi connectivity index (χ0) is 20.2. The molecule has 0 unspecified atom stereocenters. The van der Waals surface area contributed by atoms with Crippen LogP contribution in [-0.4, -0.2) is 52.8 Å². The molecule has 0 aliphatic carbocycles. The number of hydrogen-bond acceptors (Lipinski definition) is 4. The maximum absolute atomic E-state index is 12.7. The summed E-state index contributed by atoms with van der Waals surface area (Å²) in [6.45, 7) is 4.21. The van der Waals surface area contributed by atoms with Crippen molar-refractivity contribution in [2.24, 2.45) is 0 Å². The molecule has 0 N–H and O–H groups in total. The zero-order valence-corrected chi connectivity index (χ0v) is 16.4. The Labute approximate surface area is 169 Å². The van der Waals surface area contributed by atoms with Gasteiger partial charge in [-0.05, 0) is 36.4 Å². The predicted molar refractivity (Wildman–Crippen MR) is 111 cm³/mol. The van der Waals surface area contributed by atoms with Crippen LogP contribution in [0.1, 0.15) is 23.0 Å². The van der Waals surface area contributed by atoms with Crippen molar-refractivity contribution in [1.82, 2.24) is 14.8 Å². The summed E-state index contributed by atoms with van der Waals surface area (Å²) in [5.74, 6) is 0.730. The normalized spacial score (nSPS) is 14.1. The van der Waals surface area contributed by atoms with Gasteiger partial charge in [-0.1, -0.05) is 24.3 Å². The van der Waals surface area contributed by atoms with Gasteiger partial charge in [0.15, 0.2) is 0 Å². The first-order chi connectivity index (χ1) is 14.1. The number of nitrogens with zero attached hydrogens (tertiary/aromatic N) is 3. The molecule has 0 spiro atoms. The summed E-state index contributed by atoms with van der Waals surface area (Å²) in [5.41, 5.74) is 2.42. The van der Waals surface area contributed by atoms with E-state index in [2.05, 4.69) is 4.98 Å². The fraction of sp³-hybridized carbons (Fsp3) is 0.261. The Morgan fingerprint density at radius 2 is 1.59 bits per heavy atom. The van der Waals surface area contributed by atoms with Gasteiger partial charge in [0.05, 0.1) is 11.2 Å². The van der Waals surface area contributed by atoms with E-state index in [-0.39, 0.29) is 11.8 Å². The fourth-order valence-electron chi connectivity index (χ4n) is 3.45. The van der Waals surface area contributed by atoms with Gasteiger partial charge in [-0.25, -0.2) is 4.98 Å². The molecule has 2 amide bonds. The number of carbonyl (C=O) groups excluding carboxylic acids is 2. The fourth-order valence-corrected chi connectivity index (χ4v) is 3.45. The van der Waals surface area contributed by atoms with Crippen LogP contribution in [0.15, 0.2) is 60.7 Å². The number of fused-ring (bicyclic) bond motifs is 1. The average molecular weight is 389 g/mol. The van der Waals surface area contributed by atoms with Crippen LogP contribution in [0, 0.1) is 0 Å².